The lowest BCUT2D eigenvalue weighted by Gasteiger charge is -2.36. The largest absolute Gasteiger partial charge is 0.493 e. The molecule has 1 aromatic carbocycles. The first kappa shape index (κ1) is 17.9. The molecule has 0 aliphatic carbocycles. The molecule has 136 valence electrons. The maximum absolute atomic E-state index is 12.4. The molecule has 0 radical (unpaired) electrons. The Bertz CT molecular complexity index is 688. The summed E-state index contributed by atoms with van der Waals surface area (Å²) in [7, 11) is -1.87. The maximum atomic E-state index is 12.4. The van der Waals surface area contributed by atoms with Crippen molar-refractivity contribution >= 4 is 19.9 Å². The summed E-state index contributed by atoms with van der Waals surface area (Å²) < 4.78 is 12.2. The predicted octanol–water partition coefficient (Wildman–Crippen LogP) is 3.26. The molecule has 1 amide bonds. The number of fused-ring (bicyclic) bond motifs is 1. The number of benzene rings is 1. The van der Waals surface area contributed by atoms with Gasteiger partial charge in [-0.2, -0.15) is 0 Å². The van der Waals surface area contributed by atoms with Crippen LogP contribution in [0.15, 0.2) is 18.2 Å². The minimum absolute atomic E-state index is 0.00708. The van der Waals surface area contributed by atoms with Crippen LogP contribution in [0.25, 0.3) is 0 Å². The van der Waals surface area contributed by atoms with Crippen LogP contribution in [0.4, 0.5) is 5.69 Å². The Balaban J connectivity index is 2.08. The van der Waals surface area contributed by atoms with Gasteiger partial charge in [0.1, 0.15) is 5.75 Å². The molecule has 2 unspecified atom stereocenters. The smallest absolute Gasteiger partial charge is 0.270 e. The van der Waals surface area contributed by atoms with Crippen molar-refractivity contribution < 1.29 is 18.9 Å². The molecule has 7 nitrogen and oxygen atoms in total. The van der Waals surface area contributed by atoms with Crippen molar-refractivity contribution in [1.82, 2.24) is 4.90 Å². The van der Waals surface area contributed by atoms with E-state index in [-0.39, 0.29) is 23.7 Å². The molecule has 2 aliphatic heterocycles. The molecule has 1 aromatic rings. The van der Waals surface area contributed by atoms with Crippen LogP contribution in [0.5, 0.6) is 5.75 Å². The van der Waals surface area contributed by atoms with Crippen molar-refractivity contribution in [2.24, 2.45) is 0 Å². The van der Waals surface area contributed by atoms with Gasteiger partial charge < -0.3 is 14.1 Å². The second-order valence-corrected chi connectivity index (χ2v) is 12.0. The molecular weight excluding hydrogens is 340 g/mol. The van der Waals surface area contributed by atoms with Gasteiger partial charge in [0.25, 0.3) is 5.69 Å². The van der Waals surface area contributed by atoms with Gasteiger partial charge in [-0.3, -0.25) is 14.9 Å². The molecule has 8 heteroatoms. The molecule has 2 atom stereocenters. The highest BCUT2D eigenvalue weighted by molar-refractivity contribution is 6.69. The molecule has 0 spiro atoms. The van der Waals surface area contributed by atoms with Crippen molar-refractivity contribution in [2.45, 2.75) is 51.0 Å². The molecular formula is C17H24N2O5Si. The van der Waals surface area contributed by atoms with E-state index in [1.54, 1.807) is 6.07 Å². The van der Waals surface area contributed by atoms with Crippen molar-refractivity contribution in [3.8, 4) is 5.75 Å². The van der Waals surface area contributed by atoms with E-state index in [4.69, 9.17) is 9.16 Å². The normalized spacial score (nSPS) is 23.8. The topological polar surface area (TPSA) is 81.9 Å². The minimum Gasteiger partial charge on any atom is -0.493 e. The zero-order valence-corrected chi connectivity index (χ0v) is 15.9. The number of carbonyl (C=O) groups excluding carboxylic acids is 1. The van der Waals surface area contributed by atoms with Gasteiger partial charge in [0.05, 0.1) is 23.7 Å². The van der Waals surface area contributed by atoms with E-state index in [1.165, 1.54) is 12.1 Å². The number of nitro benzene ring substituents is 1. The summed E-state index contributed by atoms with van der Waals surface area (Å²) in [5.41, 5.74) is 0.692. The van der Waals surface area contributed by atoms with Crippen molar-refractivity contribution in [3.05, 3.63) is 33.9 Å². The van der Waals surface area contributed by atoms with E-state index in [0.29, 0.717) is 37.3 Å². The first-order chi connectivity index (χ1) is 11.8. The standard InChI is InChI=1S/C17H24N2O5Si/c1-25(2,3)24-15-8-10-23-14-7-6-12(19(21)22)11-13(14)17(15)18-9-4-5-16(18)20/h6-7,11,15,17H,4-5,8-10H2,1-3H3. The number of amides is 1. The third-order valence-electron chi connectivity index (χ3n) is 4.49. The Morgan fingerprint density at radius 3 is 2.72 bits per heavy atom. The number of nitro groups is 1. The summed E-state index contributed by atoms with van der Waals surface area (Å²) in [4.78, 5) is 25.1. The maximum Gasteiger partial charge on any atom is 0.270 e. The van der Waals surface area contributed by atoms with E-state index in [1.807, 2.05) is 4.90 Å². The van der Waals surface area contributed by atoms with Crippen LogP contribution in [-0.2, 0) is 9.22 Å². The molecule has 2 aliphatic rings. The van der Waals surface area contributed by atoms with Crippen LogP contribution in [0.3, 0.4) is 0 Å². The van der Waals surface area contributed by atoms with E-state index in [9.17, 15) is 14.9 Å². The quantitative estimate of drug-likeness (QED) is 0.465. The highest BCUT2D eigenvalue weighted by Crippen LogP contribution is 2.41. The van der Waals surface area contributed by atoms with Crippen LogP contribution in [-0.4, -0.2) is 43.3 Å². The molecule has 3 rings (SSSR count). The van der Waals surface area contributed by atoms with Crippen molar-refractivity contribution in [1.29, 1.82) is 0 Å². The van der Waals surface area contributed by atoms with E-state index in [0.717, 1.165) is 6.42 Å². The Morgan fingerprint density at radius 1 is 1.36 bits per heavy atom. The number of rotatable bonds is 4. The molecule has 0 aromatic heterocycles. The van der Waals surface area contributed by atoms with Gasteiger partial charge in [-0.25, -0.2) is 0 Å². The highest BCUT2D eigenvalue weighted by Gasteiger charge is 2.40. The number of likely N-dealkylation sites (tertiary alicyclic amines) is 1. The number of non-ortho nitro benzene ring substituents is 1. The number of hydrogen-bond acceptors (Lipinski definition) is 5. The first-order valence-corrected chi connectivity index (χ1v) is 12.1. The Kier molecular flexibility index (Phi) is 4.83. The summed E-state index contributed by atoms with van der Waals surface area (Å²) in [6.45, 7) is 7.44. The van der Waals surface area contributed by atoms with Crippen LogP contribution < -0.4 is 4.74 Å². The SMILES string of the molecule is C[Si](C)(C)OC1CCOc2ccc([N+](=O)[O-])cc2C1N1CCCC1=O. The highest BCUT2D eigenvalue weighted by atomic mass is 28.4. The molecule has 25 heavy (non-hydrogen) atoms. The summed E-state index contributed by atoms with van der Waals surface area (Å²) in [6.07, 6.45) is 1.76. The summed E-state index contributed by atoms with van der Waals surface area (Å²) >= 11 is 0. The Labute approximate surface area is 148 Å². The predicted molar refractivity (Wildman–Crippen MR) is 95.1 cm³/mol. The molecule has 2 heterocycles. The fraction of sp³-hybridized carbons (Fsp3) is 0.588. The minimum atomic E-state index is -1.87. The second-order valence-electron chi connectivity index (χ2n) is 7.52. The van der Waals surface area contributed by atoms with E-state index >= 15 is 0 Å². The van der Waals surface area contributed by atoms with Crippen LogP contribution >= 0.6 is 0 Å². The van der Waals surface area contributed by atoms with Gasteiger partial charge in [0.15, 0.2) is 8.32 Å². The van der Waals surface area contributed by atoms with Gasteiger partial charge in [-0.05, 0) is 32.1 Å². The monoisotopic (exact) mass is 364 g/mol. The molecule has 1 saturated heterocycles. The fourth-order valence-corrected chi connectivity index (χ4v) is 4.72. The van der Waals surface area contributed by atoms with Crippen molar-refractivity contribution in [3.63, 3.8) is 0 Å². The van der Waals surface area contributed by atoms with Crippen LogP contribution in [0.1, 0.15) is 30.9 Å². The zero-order chi connectivity index (χ0) is 18.2. The van der Waals surface area contributed by atoms with Gasteiger partial charge in [-0.15, -0.1) is 0 Å². The lowest BCUT2D eigenvalue weighted by molar-refractivity contribution is -0.385. The molecule has 0 saturated carbocycles. The molecule has 0 N–H and O–H groups in total. The lowest BCUT2D eigenvalue weighted by Crippen LogP contribution is -2.43. The Hall–Kier alpha value is -1.93. The summed E-state index contributed by atoms with van der Waals surface area (Å²) in [5.74, 6) is 0.686. The second kappa shape index (κ2) is 6.76. The number of nitrogens with zero attached hydrogens (tertiary/aromatic N) is 2. The van der Waals surface area contributed by atoms with Crippen molar-refractivity contribution in [2.75, 3.05) is 13.2 Å². The average Bonchev–Trinajstić information content (AvgIpc) is 2.85. The average molecular weight is 364 g/mol. The number of ether oxygens (including phenoxy) is 1. The van der Waals surface area contributed by atoms with Gasteiger partial charge >= 0.3 is 0 Å². The van der Waals surface area contributed by atoms with Crippen LogP contribution in [0, 0.1) is 10.1 Å². The van der Waals surface area contributed by atoms with Crippen LogP contribution in [0.2, 0.25) is 19.6 Å². The molecule has 1 fully saturated rings. The summed E-state index contributed by atoms with van der Waals surface area (Å²) in [6, 6.07) is 4.29. The molecule has 0 bridgehead atoms. The van der Waals surface area contributed by atoms with Gasteiger partial charge in [-0.1, -0.05) is 0 Å². The lowest BCUT2D eigenvalue weighted by atomic mass is 9.97. The third-order valence-corrected chi connectivity index (χ3v) is 5.50. The summed E-state index contributed by atoms with van der Waals surface area (Å²) in [5, 5.41) is 11.2. The third kappa shape index (κ3) is 3.85. The number of carbonyl (C=O) groups is 1. The fourth-order valence-electron chi connectivity index (χ4n) is 3.56. The zero-order valence-electron chi connectivity index (χ0n) is 14.9. The Morgan fingerprint density at radius 2 is 2.12 bits per heavy atom. The van der Waals surface area contributed by atoms with Gasteiger partial charge in [0, 0.05) is 37.1 Å². The van der Waals surface area contributed by atoms with E-state index < -0.39 is 13.2 Å². The first-order valence-electron chi connectivity index (χ1n) is 8.65. The van der Waals surface area contributed by atoms with Gasteiger partial charge in [0.2, 0.25) is 5.91 Å². The number of hydrogen-bond donors (Lipinski definition) is 0. The van der Waals surface area contributed by atoms with E-state index in [2.05, 4.69) is 19.6 Å².